The number of benzene rings is 2. The van der Waals surface area contributed by atoms with Crippen molar-refractivity contribution in [1.29, 1.82) is 0 Å². The van der Waals surface area contributed by atoms with Crippen LogP contribution in [-0.4, -0.2) is 11.0 Å². The highest BCUT2D eigenvalue weighted by Crippen LogP contribution is 2.35. The van der Waals surface area contributed by atoms with Gasteiger partial charge in [-0.2, -0.15) is 0 Å². The van der Waals surface area contributed by atoms with E-state index in [1.54, 1.807) is 13.0 Å². The summed E-state index contributed by atoms with van der Waals surface area (Å²) >= 11 is 3.16. The van der Waals surface area contributed by atoms with E-state index in [-0.39, 0.29) is 18.0 Å². The summed E-state index contributed by atoms with van der Waals surface area (Å²) < 4.78 is 5.38. The van der Waals surface area contributed by atoms with Crippen molar-refractivity contribution in [2.75, 3.05) is 5.32 Å². The van der Waals surface area contributed by atoms with Gasteiger partial charge in [0, 0.05) is 0 Å². The van der Waals surface area contributed by atoms with E-state index < -0.39 is 11.0 Å². The summed E-state index contributed by atoms with van der Waals surface area (Å²) in [4.78, 5) is 22.4. The van der Waals surface area contributed by atoms with Crippen molar-refractivity contribution in [3.8, 4) is 0 Å². The van der Waals surface area contributed by atoms with Gasteiger partial charge in [-0.15, -0.1) is 0 Å². The van der Waals surface area contributed by atoms with Crippen molar-refractivity contribution in [3.05, 3.63) is 68.2 Å². The summed E-state index contributed by atoms with van der Waals surface area (Å²) in [6.07, 6.45) is -0.747. The Labute approximate surface area is 135 Å². The first kappa shape index (κ1) is 16.0. The molecule has 6 nitrogen and oxygen atoms in total. The van der Waals surface area contributed by atoms with E-state index in [1.165, 1.54) is 6.07 Å². The van der Waals surface area contributed by atoms with Gasteiger partial charge in [0.05, 0.1) is 4.92 Å². The molecular formula is C15H13BrN2O4. The Hall–Kier alpha value is -2.41. The predicted molar refractivity (Wildman–Crippen MR) is 85.8 cm³/mol. The molecule has 114 valence electrons. The molecule has 0 radical (unpaired) electrons. The van der Waals surface area contributed by atoms with E-state index in [0.29, 0.717) is 10.0 Å². The fourth-order valence-corrected chi connectivity index (χ4v) is 2.30. The van der Waals surface area contributed by atoms with E-state index in [9.17, 15) is 14.9 Å². The average molecular weight is 365 g/mol. The third kappa shape index (κ3) is 3.82. The zero-order chi connectivity index (χ0) is 16.1. The van der Waals surface area contributed by atoms with Crippen LogP contribution in [0.1, 0.15) is 11.1 Å². The lowest BCUT2D eigenvalue weighted by Gasteiger charge is -2.09. The molecule has 0 bridgehead atoms. The Morgan fingerprint density at radius 2 is 1.95 bits per heavy atom. The number of nitro groups is 1. The van der Waals surface area contributed by atoms with Crippen molar-refractivity contribution in [2.45, 2.75) is 13.5 Å². The first-order valence-corrected chi connectivity index (χ1v) is 7.19. The monoisotopic (exact) mass is 364 g/mol. The first-order chi connectivity index (χ1) is 10.5. The number of ether oxygens (including phenoxy) is 1. The number of hydrogen-bond donors (Lipinski definition) is 1. The van der Waals surface area contributed by atoms with Gasteiger partial charge in [-0.1, -0.05) is 36.4 Å². The van der Waals surface area contributed by atoms with Crippen molar-refractivity contribution in [3.63, 3.8) is 0 Å². The maximum Gasteiger partial charge on any atom is 0.412 e. The van der Waals surface area contributed by atoms with Crippen LogP contribution in [0.2, 0.25) is 0 Å². The lowest BCUT2D eigenvalue weighted by molar-refractivity contribution is -0.384. The van der Waals surface area contributed by atoms with Gasteiger partial charge in [-0.25, -0.2) is 4.79 Å². The Kier molecular flexibility index (Phi) is 5.11. The van der Waals surface area contributed by atoms with Gasteiger partial charge in [0.15, 0.2) is 0 Å². The minimum Gasteiger partial charge on any atom is -0.444 e. The molecule has 1 N–H and O–H groups in total. The predicted octanol–water partition coefficient (Wildman–Crippen LogP) is 4.41. The van der Waals surface area contributed by atoms with E-state index in [2.05, 4.69) is 21.2 Å². The number of halogens is 1. The molecule has 2 rings (SSSR count). The van der Waals surface area contributed by atoms with Gasteiger partial charge in [-0.05, 0) is 40.0 Å². The van der Waals surface area contributed by atoms with Crippen molar-refractivity contribution < 1.29 is 14.5 Å². The smallest absolute Gasteiger partial charge is 0.412 e. The van der Waals surface area contributed by atoms with Crippen molar-refractivity contribution in [2.24, 2.45) is 0 Å². The second-order valence-electron chi connectivity index (χ2n) is 4.54. The van der Waals surface area contributed by atoms with Gasteiger partial charge in [0.1, 0.15) is 16.8 Å². The highest BCUT2D eigenvalue weighted by atomic mass is 79.9. The van der Waals surface area contributed by atoms with Crippen LogP contribution >= 0.6 is 15.9 Å². The minimum atomic E-state index is -0.747. The molecule has 2 aromatic rings. The normalized spacial score (nSPS) is 10.1. The average Bonchev–Trinajstić information content (AvgIpc) is 2.50. The molecule has 0 saturated heterocycles. The quantitative estimate of drug-likeness (QED) is 0.643. The number of amides is 1. The maximum atomic E-state index is 11.8. The molecule has 0 saturated carbocycles. The van der Waals surface area contributed by atoms with Gasteiger partial charge in [-0.3, -0.25) is 15.4 Å². The summed E-state index contributed by atoms with van der Waals surface area (Å²) in [5.41, 5.74) is 1.42. The number of carbonyl (C=O) groups is 1. The highest BCUT2D eigenvalue weighted by molar-refractivity contribution is 9.10. The Morgan fingerprint density at radius 1 is 1.27 bits per heavy atom. The number of nitrogens with one attached hydrogen (secondary N) is 1. The summed E-state index contributed by atoms with van der Waals surface area (Å²) in [6.45, 7) is 1.82. The van der Waals surface area contributed by atoms with Crippen molar-refractivity contribution in [1.82, 2.24) is 0 Å². The molecule has 0 spiro atoms. The van der Waals surface area contributed by atoms with E-state index >= 15 is 0 Å². The molecule has 0 aliphatic carbocycles. The lowest BCUT2D eigenvalue weighted by Crippen LogP contribution is -2.14. The van der Waals surface area contributed by atoms with Gasteiger partial charge in [0.25, 0.3) is 0 Å². The van der Waals surface area contributed by atoms with Crippen LogP contribution in [-0.2, 0) is 11.3 Å². The maximum absolute atomic E-state index is 11.8. The fraction of sp³-hybridized carbons (Fsp3) is 0.133. The zero-order valence-corrected chi connectivity index (χ0v) is 13.3. The number of hydrogen-bond acceptors (Lipinski definition) is 4. The van der Waals surface area contributed by atoms with Crippen LogP contribution in [0.4, 0.5) is 16.2 Å². The molecule has 0 aromatic heterocycles. The Balaban J connectivity index is 2.09. The topological polar surface area (TPSA) is 81.5 Å². The van der Waals surface area contributed by atoms with Crippen LogP contribution in [0.5, 0.6) is 0 Å². The number of carbonyl (C=O) groups excluding carboxylic acids is 1. The summed E-state index contributed by atoms with van der Waals surface area (Å²) in [7, 11) is 0. The van der Waals surface area contributed by atoms with Gasteiger partial charge in [0.2, 0.25) is 0 Å². The van der Waals surface area contributed by atoms with Crippen LogP contribution < -0.4 is 5.32 Å². The Morgan fingerprint density at radius 3 is 2.59 bits per heavy atom. The molecule has 0 unspecified atom stereocenters. The van der Waals surface area contributed by atoms with E-state index in [0.717, 1.165) is 5.56 Å². The van der Waals surface area contributed by atoms with Gasteiger partial charge >= 0.3 is 11.8 Å². The third-order valence-electron chi connectivity index (χ3n) is 2.94. The fourth-order valence-electron chi connectivity index (χ4n) is 1.81. The molecule has 0 aliphatic rings. The van der Waals surface area contributed by atoms with Crippen molar-refractivity contribution >= 4 is 33.4 Å². The molecule has 0 atom stereocenters. The Bertz CT molecular complexity index is 704. The molecule has 2 aromatic carbocycles. The molecule has 7 heteroatoms. The van der Waals surface area contributed by atoms with Crippen LogP contribution in [0.3, 0.4) is 0 Å². The lowest BCUT2D eigenvalue weighted by atomic mass is 10.2. The molecular weight excluding hydrogens is 352 g/mol. The number of rotatable bonds is 4. The highest BCUT2D eigenvalue weighted by Gasteiger charge is 2.22. The van der Waals surface area contributed by atoms with Crippen LogP contribution in [0, 0.1) is 17.0 Å². The molecule has 0 fully saturated rings. The second kappa shape index (κ2) is 7.04. The van der Waals surface area contributed by atoms with Crippen LogP contribution in [0.15, 0.2) is 46.9 Å². The van der Waals surface area contributed by atoms with E-state index in [1.807, 2.05) is 30.3 Å². The zero-order valence-electron chi connectivity index (χ0n) is 11.7. The molecule has 22 heavy (non-hydrogen) atoms. The summed E-state index contributed by atoms with van der Waals surface area (Å²) in [5, 5.41) is 13.5. The van der Waals surface area contributed by atoms with Crippen LogP contribution in [0.25, 0.3) is 0 Å². The SMILES string of the molecule is Cc1ccc(NC(=O)OCc2ccccc2)c([N+](=O)[O-])c1Br. The summed E-state index contributed by atoms with van der Waals surface area (Å²) in [6, 6.07) is 12.3. The number of aryl methyl sites for hydroxylation is 1. The number of nitro benzene ring substituents is 1. The number of anilines is 1. The van der Waals surface area contributed by atoms with Gasteiger partial charge < -0.3 is 4.74 Å². The standard InChI is InChI=1S/C15H13BrN2O4/c1-10-7-8-12(14(13(10)16)18(20)21)17-15(19)22-9-11-5-3-2-4-6-11/h2-8H,9H2,1H3,(H,17,19). The molecule has 0 heterocycles. The molecule has 0 aliphatic heterocycles. The third-order valence-corrected chi connectivity index (χ3v) is 3.94. The minimum absolute atomic E-state index is 0.0838. The number of nitrogens with zero attached hydrogens (tertiary/aromatic N) is 1. The second-order valence-corrected chi connectivity index (χ2v) is 5.33. The molecule has 1 amide bonds. The van der Waals surface area contributed by atoms with E-state index in [4.69, 9.17) is 4.74 Å². The summed E-state index contributed by atoms with van der Waals surface area (Å²) in [5.74, 6) is 0. The first-order valence-electron chi connectivity index (χ1n) is 6.40. The largest absolute Gasteiger partial charge is 0.444 e.